The van der Waals surface area contributed by atoms with Gasteiger partial charge in [-0.15, -0.1) is 0 Å². The molecule has 0 saturated heterocycles. The molecule has 0 bridgehead atoms. The molecule has 0 aliphatic rings. The first-order valence-corrected chi connectivity index (χ1v) is 18.7. The molecule has 0 spiro atoms. The van der Waals surface area contributed by atoms with Crippen LogP contribution in [0.2, 0.25) is 0 Å². The lowest BCUT2D eigenvalue weighted by molar-refractivity contribution is 0.669. The minimum absolute atomic E-state index is 0.575. The van der Waals surface area contributed by atoms with E-state index in [1.807, 2.05) is 72.8 Å². The van der Waals surface area contributed by atoms with Gasteiger partial charge in [0.15, 0.2) is 17.5 Å². The van der Waals surface area contributed by atoms with Gasteiger partial charge in [-0.25, -0.2) is 15.0 Å². The van der Waals surface area contributed by atoms with E-state index < -0.39 is 0 Å². The molecule has 0 fully saturated rings. The second-order valence-corrected chi connectivity index (χ2v) is 13.7. The fourth-order valence-electron chi connectivity index (χ4n) is 7.42. The van der Waals surface area contributed by atoms with E-state index in [4.69, 9.17) is 19.4 Å². The number of nitrogens with zero attached hydrogens (tertiary/aromatic N) is 4. The van der Waals surface area contributed by atoms with Crippen LogP contribution in [0.5, 0.6) is 0 Å². The summed E-state index contributed by atoms with van der Waals surface area (Å²) in [5.74, 6) is 1.80. The molecular formula is C51H34N4O. The minimum Gasteiger partial charge on any atom is -0.456 e. The van der Waals surface area contributed by atoms with Crippen molar-refractivity contribution in [1.82, 2.24) is 15.0 Å². The molecule has 10 rings (SSSR count). The van der Waals surface area contributed by atoms with Crippen molar-refractivity contribution in [3.8, 4) is 56.4 Å². The smallest absolute Gasteiger partial charge is 0.164 e. The summed E-state index contributed by atoms with van der Waals surface area (Å²) in [6, 6.07) is 71.1. The third kappa shape index (κ3) is 6.27. The highest BCUT2D eigenvalue weighted by atomic mass is 16.3. The maximum Gasteiger partial charge on any atom is 0.164 e. The zero-order chi connectivity index (χ0) is 37.3. The van der Waals surface area contributed by atoms with Crippen LogP contribution >= 0.6 is 0 Å². The van der Waals surface area contributed by atoms with E-state index in [9.17, 15) is 0 Å². The maximum absolute atomic E-state index is 6.55. The number of rotatable bonds is 8. The molecule has 10 aromatic rings. The van der Waals surface area contributed by atoms with Gasteiger partial charge >= 0.3 is 0 Å². The zero-order valence-corrected chi connectivity index (χ0v) is 30.3. The Morgan fingerprint density at radius 3 is 1.46 bits per heavy atom. The van der Waals surface area contributed by atoms with Crippen molar-refractivity contribution < 1.29 is 4.42 Å². The number of aromatic nitrogens is 3. The Hall–Kier alpha value is -7.63. The first kappa shape index (κ1) is 33.0. The van der Waals surface area contributed by atoms with Crippen molar-refractivity contribution in [2.24, 2.45) is 0 Å². The average molecular weight is 719 g/mol. The van der Waals surface area contributed by atoms with Gasteiger partial charge < -0.3 is 9.32 Å². The molecule has 5 nitrogen and oxygen atoms in total. The first-order valence-electron chi connectivity index (χ1n) is 18.7. The Bertz CT molecular complexity index is 2890. The summed E-state index contributed by atoms with van der Waals surface area (Å²) < 4.78 is 6.55. The Morgan fingerprint density at radius 1 is 0.321 bits per heavy atom. The van der Waals surface area contributed by atoms with Crippen LogP contribution in [0.4, 0.5) is 17.1 Å². The average Bonchev–Trinajstić information content (AvgIpc) is 3.66. The molecule has 2 heterocycles. The number of hydrogen-bond acceptors (Lipinski definition) is 5. The van der Waals surface area contributed by atoms with Crippen LogP contribution in [0.1, 0.15) is 0 Å². The molecule has 264 valence electrons. The topological polar surface area (TPSA) is 55.1 Å². The van der Waals surface area contributed by atoms with Crippen molar-refractivity contribution in [1.29, 1.82) is 0 Å². The Kier molecular flexibility index (Phi) is 8.43. The number of benzene rings is 8. The number of para-hydroxylation sites is 2. The van der Waals surface area contributed by atoms with E-state index in [1.54, 1.807) is 0 Å². The number of furan rings is 1. The summed E-state index contributed by atoms with van der Waals surface area (Å²) in [6.45, 7) is 0. The van der Waals surface area contributed by atoms with Crippen LogP contribution in [0.25, 0.3) is 78.4 Å². The van der Waals surface area contributed by atoms with Gasteiger partial charge in [-0.05, 0) is 76.9 Å². The molecule has 0 aliphatic carbocycles. The van der Waals surface area contributed by atoms with E-state index in [0.717, 1.165) is 72.4 Å². The van der Waals surface area contributed by atoms with E-state index in [0.29, 0.717) is 17.5 Å². The van der Waals surface area contributed by atoms with Gasteiger partial charge in [0.05, 0.1) is 0 Å². The molecule has 8 aromatic carbocycles. The minimum atomic E-state index is 0.575. The molecule has 0 aliphatic heterocycles. The third-order valence-corrected chi connectivity index (χ3v) is 10.1. The molecule has 0 saturated carbocycles. The van der Waals surface area contributed by atoms with Gasteiger partial charge in [-0.2, -0.15) is 0 Å². The lowest BCUT2D eigenvalue weighted by atomic mass is 9.96. The third-order valence-electron chi connectivity index (χ3n) is 10.1. The fraction of sp³-hybridized carbons (Fsp3) is 0. The predicted molar refractivity (Wildman–Crippen MR) is 229 cm³/mol. The van der Waals surface area contributed by atoms with Gasteiger partial charge in [0, 0.05) is 44.5 Å². The molecule has 5 heteroatoms. The lowest BCUT2D eigenvalue weighted by Crippen LogP contribution is -2.09. The van der Waals surface area contributed by atoms with Gasteiger partial charge in [-0.3, -0.25) is 0 Å². The van der Waals surface area contributed by atoms with Crippen molar-refractivity contribution in [3.05, 3.63) is 206 Å². The molecule has 2 aromatic heterocycles. The fourth-order valence-corrected chi connectivity index (χ4v) is 7.42. The number of fused-ring (bicyclic) bond motifs is 3. The van der Waals surface area contributed by atoms with Crippen LogP contribution in [-0.4, -0.2) is 15.0 Å². The highest BCUT2D eigenvalue weighted by Crippen LogP contribution is 2.42. The van der Waals surface area contributed by atoms with Crippen LogP contribution in [0, 0.1) is 0 Å². The van der Waals surface area contributed by atoms with Crippen molar-refractivity contribution in [3.63, 3.8) is 0 Å². The second-order valence-electron chi connectivity index (χ2n) is 13.7. The summed E-state index contributed by atoms with van der Waals surface area (Å²) in [5, 5.41) is 2.11. The SMILES string of the molecule is c1ccc(-c2cccc(N(c3ccccc3)c3ccc(-c4cc(-c5nc(-c6ccccc6)nc(-c6ccccc6)n5)cc5oc6ccccc6c45)cc3)c2)cc1. The Labute approximate surface area is 324 Å². The van der Waals surface area contributed by atoms with Crippen LogP contribution in [0.3, 0.4) is 0 Å². The zero-order valence-electron chi connectivity index (χ0n) is 30.3. The van der Waals surface area contributed by atoms with Crippen molar-refractivity contribution in [2.45, 2.75) is 0 Å². The monoisotopic (exact) mass is 718 g/mol. The number of anilines is 3. The largest absolute Gasteiger partial charge is 0.456 e. The summed E-state index contributed by atoms with van der Waals surface area (Å²) in [4.78, 5) is 17.3. The van der Waals surface area contributed by atoms with Gasteiger partial charge in [0.1, 0.15) is 11.2 Å². The predicted octanol–water partition coefficient (Wildman–Crippen LogP) is 13.6. The molecule has 0 N–H and O–H groups in total. The molecule has 56 heavy (non-hydrogen) atoms. The highest BCUT2D eigenvalue weighted by Gasteiger charge is 2.20. The summed E-state index contributed by atoms with van der Waals surface area (Å²) >= 11 is 0. The quantitative estimate of drug-likeness (QED) is 0.157. The molecule has 0 atom stereocenters. The Morgan fingerprint density at radius 2 is 0.821 bits per heavy atom. The van der Waals surface area contributed by atoms with E-state index >= 15 is 0 Å². The van der Waals surface area contributed by atoms with Gasteiger partial charge in [0.2, 0.25) is 0 Å². The molecular weight excluding hydrogens is 685 g/mol. The lowest BCUT2D eigenvalue weighted by Gasteiger charge is -2.26. The second kappa shape index (κ2) is 14.3. The highest BCUT2D eigenvalue weighted by molar-refractivity contribution is 6.13. The van der Waals surface area contributed by atoms with Crippen LogP contribution in [0.15, 0.2) is 211 Å². The summed E-state index contributed by atoms with van der Waals surface area (Å²) in [7, 11) is 0. The van der Waals surface area contributed by atoms with Crippen LogP contribution in [-0.2, 0) is 0 Å². The molecule has 0 amide bonds. The Balaban J connectivity index is 1.13. The molecule has 0 radical (unpaired) electrons. The maximum atomic E-state index is 6.55. The summed E-state index contributed by atoms with van der Waals surface area (Å²) in [6.07, 6.45) is 0. The molecule has 0 unspecified atom stereocenters. The standard InChI is InChI=1S/C51H34N4O/c1-5-16-35(17-6-1)39-22-15-25-43(32-39)55(41-23-11-4-12-24-41)42-30-28-36(29-31-42)45-33-40(34-47-48(45)44-26-13-14-27-46(44)56-47)51-53-49(37-18-7-2-8-19-37)52-50(54-51)38-20-9-3-10-21-38/h1-34H. The van der Waals surface area contributed by atoms with Gasteiger partial charge in [0.25, 0.3) is 0 Å². The van der Waals surface area contributed by atoms with E-state index in [2.05, 4.69) is 138 Å². The van der Waals surface area contributed by atoms with Gasteiger partial charge in [-0.1, -0.05) is 152 Å². The van der Waals surface area contributed by atoms with Crippen molar-refractivity contribution in [2.75, 3.05) is 4.90 Å². The summed E-state index contributed by atoms with van der Waals surface area (Å²) in [5.41, 5.74) is 11.9. The van der Waals surface area contributed by atoms with E-state index in [1.165, 1.54) is 5.56 Å². The van der Waals surface area contributed by atoms with E-state index in [-0.39, 0.29) is 0 Å². The number of hydrogen-bond donors (Lipinski definition) is 0. The normalized spacial score (nSPS) is 11.2. The van der Waals surface area contributed by atoms with Crippen molar-refractivity contribution >= 4 is 39.0 Å². The van der Waals surface area contributed by atoms with Crippen LogP contribution < -0.4 is 4.90 Å². The first-order chi connectivity index (χ1) is 27.7.